The van der Waals surface area contributed by atoms with Crippen LogP contribution in [0.4, 0.5) is 0 Å². The average Bonchev–Trinajstić information content (AvgIpc) is 2.57. The molecule has 1 aromatic heterocycles. The molecular weight excluding hydrogens is 324 g/mol. The van der Waals surface area contributed by atoms with Crippen LogP contribution in [0, 0.1) is 0 Å². The van der Waals surface area contributed by atoms with Gasteiger partial charge in [0, 0.05) is 37.0 Å². The van der Waals surface area contributed by atoms with E-state index in [0.717, 1.165) is 16.7 Å². The Hall–Kier alpha value is -2.62. The molecule has 0 aliphatic rings. The van der Waals surface area contributed by atoms with Gasteiger partial charge in [0.25, 0.3) is 5.91 Å². The second-order valence-electron chi connectivity index (χ2n) is 7.22. The van der Waals surface area contributed by atoms with Crippen molar-refractivity contribution < 1.29 is 4.79 Å². The lowest BCUT2D eigenvalue weighted by molar-refractivity contribution is 0.0643. The highest BCUT2D eigenvalue weighted by Crippen LogP contribution is 2.18. The molecule has 2 rings (SSSR count). The van der Waals surface area contributed by atoms with Gasteiger partial charge in [-0.05, 0) is 69.5 Å². The van der Waals surface area contributed by atoms with Crippen LogP contribution in [-0.4, -0.2) is 27.5 Å². The number of amides is 1. The van der Waals surface area contributed by atoms with E-state index in [0.29, 0.717) is 5.56 Å². The zero-order valence-corrected chi connectivity index (χ0v) is 16.5. The van der Waals surface area contributed by atoms with Crippen LogP contribution in [0.3, 0.4) is 0 Å². The van der Waals surface area contributed by atoms with Crippen LogP contribution >= 0.6 is 0 Å². The van der Waals surface area contributed by atoms with Crippen molar-refractivity contribution in [2.75, 3.05) is 0 Å². The maximum absolute atomic E-state index is 12.7. The molecule has 0 spiro atoms. The zero-order valence-electron chi connectivity index (χ0n) is 16.5. The maximum atomic E-state index is 12.7. The summed E-state index contributed by atoms with van der Waals surface area (Å²) in [7, 11) is 1.74. The van der Waals surface area contributed by atoms with Gasteiger partial charge in [-0.2, -0.15) is 0 Å². The molecule has 4 nitrogen and oxygen atoms in total. The number of nitrogens with zero attached hydrogens (tertiary/aromatic N) is 2. The number of hydrogen-bond donors (Lipinski definition) is 0. The summed E-state index contributed by atoms with van der Waals surface area (Å²) < 4.78 is 1.57. The molecule has 138 valence electrons. The molecule has 0 aliphatic heterocycles. The van der Waals surface area contributed by atoms with Crippen LogP contribution in [0.2, 0.25) is 0 Å². The summed E-state index contributed by atoms with van der Waals surface area (Å²) in [5, 5.41) is 0. The number of allylic oxidation sites excluding steroid dienone is 1. The predicted molar refractivity (Wildman–Crippen MR) is 108 cm³/mol. The Kier molecular flexibility index (Phi) is 6.19. The largest absolute Gasteiger partial charge is 0.334 e. The van der Waals surface area contributed by atoms with Crippen LogP contribution in [0.5, 0.6) is 0 Å². The smallest absolute Gasteiger partial charge is 0.254 e. The van der Waals surface area contributed by atoms with Gasteiger partial charge >= 0.3 is 0 Å². The minimum atomic E-state index is -0.0238. The minimum Gasteiger partial charge on any atom is -0.334 e. The molecule has 0 atom stereocenters. The van der Waals surface area contributed by atoms with Gasteiger partial charge in [-0.15, -0.1) is 0 Å². The highest BCUT2D eigenvalue weighted by molar-refractivity contribution is 5.95. The first-order valence-electron chi connectivity index (χ1n) is 8.98. The third kappa shape index (κ3) is 4.51. The third-order valence-corrected chi connectivity index (χ3v) is 4.43. The van der Waals surface area contributed by atoms with Gasteiger partial charge in [-0.3, -0.25) is 9.59 Å². The van der Waals surface area contributed by atoms with Crippen LogP contribution in [0.1, 0.15) is 56.1 Å². The fraction of sp³-hybridized carbons (Fsp3) is 0.364. The molecule has 4 heteroatoms. The van der Waals surface area contributed by atoms with Gasteiger partial charge in [0.15, 0.2) is 0 Å². The van der Waals surface area contributed by atoms with Crippen molar-refractivity contribution in [1.29, 1.82) is 0 Å². The van der Waals surface area contributed by atoms with Gasteiger partial charge in [0.05, 0.1) is 0 Å². The number of pyridine rings is 1. The quantitative estimate of drug-likeness (QED) is 0.809. The maximum Gasteiger partial charge on any atom is 0.254 e. The minimum absolute atomic E-state index is 0.0238. The number of aromatic nitrogens is 1. The highest BCUT2D eigenvalue weighted by atomic mass is 16.2. The highest BCUT2D eigenvalue weighted by Gasteiger charge is 2.21. The molecule has 26 heavy (non-hydrogen) atoms. The van der Waals surface area contributed by atoms with E-state index in [4.69, 9.17) is 0 Å². The van der Waals surface area contributed by atoms with Gasteiger partial charge in [-0.25, -0.2) is 0 Å². The van der Waals surface area contributed by atoms with E-state index < -0.39 is 0 Å². The molecule has 0 N–H and O–H groups in total. The molecule has 0 saturated heterocycles. The van der Waals surface area contributed by atoms with Gasteiger partial charge in [-0.1, -0.05) is 18.2 Å². The Morgan fingerprint density at radius 1 is 0.962 bits per heavy atom. The van der Waals surface area contributed by atoms with Crippen LogP contribution < -0.4 is 5.56 Å². The monoisotopic (exact) mass is 352 g/mol. The second kappa shape index (κ2) is 8.17. The molecule has 0 unspecified atom stereocenters. The van der Waals surface area contributed by atoms with E-state index in [1.54, 1.807) is 17.7 Å². The van der Waals surface area contributed by atoms with E-state index in [9.17, 15) is 9.59 Å². The van der Waals surface area contributed by atoms with E-state index in [-0.39, 0.29) is 23.6 Å². The van der Waals surface area contributed by atoms with Gasteiger partial charge in [0.1, 0.15) is 0 Å². The lowest BCUT2D eigenvalue weighted by atomic mass is 10.0. The Bertz CT molecular complexity index is 850. The summed E-state index contributed by atoms with van der Waals surface area (Å²) in [6.45, 7) is 10.1. The number of aryl methyl sites for hydroxylation is 1. The van der Waals surface area contributed by atoms with Crippen molar-refractivity contribution in [3.8, 4) is 0 Å². The second-order valence-corrected chi connectivity index (χ2v) is 7.22. The lowest BCUT2D eigenvalue weighted by Crippen LogP contribution is -2.42. The van der Waals surface area contributed by atoms with Crippen LogP contribution in [-0.2, 0) is 7.05 Å². The van der Waals surface area contributed by atoms with Crippen molar-refractivity contribution in [2.45, 2.75) is 46.7 Å². The molecule has 0 radical (unpaired) electrons. The van der Waals surface area contributed by atoms with Crippen molar-refractivity contribution in [1.82, 2.24) is 9.47 Å². The van der Waals surface area contributed by atoms with Crippen molar-refractivity contribution in [2.24, 2.45) is 7.05 Å². The molecule has 0 aliphatic carbocycles. The first-order chi connectivity index (χ1) is 12.2. The number of rotatable bonds is 5. The normalized spacial score (nSPS) is 11.9. The number of hydrogen-bond acceptors (Lipinski definition) is 2. The summed E-state index contributed by atoms with van der Waals surface area (Å²) in [6.07, 6.45) is 3.88. The Morgan fingerprint density at radius 3 is 2.00 bits per heavy atom. The third-order valence-electron chi connectivity index (χ3n) is 4.43. The fourth-order valence-electron chi connectivity index (χ4n) is 3.10. The summed E-state index contributed by atoms with van der Waals surface area (Å²) in [5.41, 5.74) is 3.76. The van der Waals surface area contributed by atoms with Crippen LogP contribution in [0.15, 0.2) is 47.4 Å². The van der Waals surface area contributed by atoms with Crippen molar-refractivity contribution >= 4 is 17.6 Å². The van der Waals surface area contributed by atoms with Crippen LogP contribution in [0.25, 0.3) is 11.6 Å². The van der Waals surface area contributed by atoms with Gasteiger partial charge in [0.2, 0.25) is 5.56 Å². The summed E-state index contributed by atoms with van der Waals surface area (Å²) >= 11 is 0. The topological polar surface area (TPSA) is 42.3 Å². The fourth-order valence-corrected chi connectivity index (χ4v) is 3.10. The molecule has 0 saturated carbocycles. The molecule has 0 fully saturated rings. The van der Waals surface area contributed by atoms with Crippen molar-refractivity contribution in [3.05, 3.63) is 69.6 Å². The standard InChI is InChI=1S/C22H28N2O2/c1-15(2)24(16(3)4)22(26)19-9-7-18(8-10-19)13-17(5)20-11-12-21(25)23(6)14-20/h7-16H,1-6H3/b17-13-. The molecule has 2 aromatic rings. The molecule has 1 amide bonds. The number of benzene rings is 1. The lowest BCUT2D eigenvalue weighted by Gasteiger charge is -2.30. The first kappa shape index (κ1) is 19.7. The van der Waals surface area contributed by atoms with E-state index in [1.165, 1.54) is 0 Å². The molecule has 0 bridgehead atoms. The zero-order chi connectivity index (χ0) is 19.4. The summed E-state index contributed by atoms with van der Waals surface area (Å²) in [5.74, 6) is 0.0558. The molecule has 1 heterocycles. The Labute approximate surface area is 155 Å². The van der Waals surface area contributed by atoms with Gasteiger partial charge < -0.3 is 9.47 Å². The number of carbonyl (C=O) groups excluding carboxylic acids is 1. The van der Waals surface area contributed by atoms with Crippen molar-refractivity contribution in [3.63, 3.8) is 0 Å². The van der Waals surface area contributed by atoms with E-state index in [2.05, 4.69) is 6.08 Å². The SMILES string of the molecule is C/C(=C/c1ccc(C(=O)N(C(C)C)C(C)C)cc1)c1ccc(=O)n(C)c1. The average molecular weight is 352 g/mol. The summed E-state index contributed by atoms with van der Waals surface area (Å²) in [6, 6.07) is 11.4. The molecule has 1 aromatic carbocycles. The molecular formula is C22H28N2O2. The Balaban J connectivity index is 2.24. The summed E-state index contributed by atoms with van der Waals surface area (Å²) in [4.78, 5) is 26.1. The van der Waals surface area contributed by atoms with E-state index in [1.807, 2.05) is 76.0 Å². The Morgan fingerprint density at radius 2 is 1.50 bits per heavy atom. The van der Waals surface area contributed by atoms with E-state index >= 15 is 0 Å². The predicted octanol–water partition coefficient (Wildman–Crippen LogP) is 4.20. The number of carbonyl (C=O) groups is 1. The first-order valence-corrected chi connectivity index (χ1v) is 8.98.